The predicted octanol–water partition coefficient (Wildman–Crippen LogP) is 3.38. The Morgan fingerprint density at radius 2 is 1.69 bits per heavy atom. The third-order valence-electron chi connectivity index (χ3n) is 7.28. The van der Waals surface area contributed by atoms with Crippen LogP contribution in [0.1, 0.15) is 30.5 Å². The first-order chi connectivity index (χ1) is 17.4. The monoisotopic (exact) mass is 484 g/mol. The van der Waals surface area contributed by atoms with E-state index >= 15 is 0 Å². The van der Waals surface area contributed by atoms with Gasteiger partial charge < -0.3 is 9.80 Å². The Bertz CT molecular complexity index is 1480. The molecule has 8 nitrogen and oxygen atoms in total. The maximum Gasteiger partial charge on any atom is 0.274 e. The van der Waals surface area contributed by atoms with Gasteiger partial charge in [0.2, 0.25) is 11.9 Å². The van der Waals surface area contributed by atoms with Crippen LogP contribution < -0.4 is 10.5 Å². The molecule has 0 saturated carbocycles. The molecule has 5 rings (SSSR count). The minimum Gasteiger partial charge on any atom is -0.339 e. The highest BCUT2D eigenvalue weighted by Crippen LogP contribution is 2.25. The van der Waals surface area contributed by atoms with E-state index in [1.54, 1.807) is 11.6 Å². The van der Waals surface area contributed by atoms with Crippen molar-refractivity contribution in [2.75, 3.05) is 31.1 Å². The van der Waals surface area contributed by atoms with E-state index in [4.69, 9.17) is 0 Å². The van der Waals surface area contributed by atoms with Gasteiger partial charge in [0, 0.05) is 58.1 Å². The van der Waals surface area contributed by atoms with E-state index in [9.17, 15) is 9.59 Å². The SMILES string of the molecule is CCc1ccc(C)c(Cn2c3cc(-c4cnc(N5CCN(C(C)=O)CC5)nc4)ccc3c(=O)n2C)c1. The third kappa shape index (κ3) is 4.39. The maximum absolute atomic E-state index is 13.0. The summed E-state index contributed by atoms with van der Waals surface area (Å²) in [6.45, 7) is 9.31. The average molecular weight is 485 g/mol. The van der Waals surface area contributed by atoms with Crippen molar-refractivity contribution < 1.29 is 4.79 Å². The Balaban J connectivity index is 1.44. The van der Waals surface area contributed by atoms with Crippen molar-refractivity contribution in [2.24, 2.45) is 7.05 Å². The number of nitrogens with zero attached hydrogens (tertiary/aromatic N) is 6. The molecule has 0 unspecified atom stereocenters. The summed E-state index contributed by atoms with van der Waals surface area (Å²) in [6, 6.07) is 12.5. The van der Waals surface area contributed by atoms with Crippen LogP contribution >= 0.6 is 0 Å². The molecule has 0 N–H and O–H groups in total. The van der Waals surface area contributed by atoms with Crippen LogP contribution in [0.15, 0.2) is 53.6 Å². The van der Waals surface area contributed by atoms with Gasteiger partial charge in [-0.25, -0.2) is 9.97 Å². The lowest BCUT2D eigenvalue weighted by molar-refractivity contribution is -0.129. The van der Waals surface area contributed by atoms with Crippen LogP contribution in [0.3, 0.4) is 0 Å². The van der Waals surface area contributed by atoms with Crippen LogP contribution in [0.5, 0.6) is 0 Å². The number of carbonyl (C=O) groups is 1. The zero-order chi connectivity index (χ0) is 25.4. The molecule has 1 fully saturated rings. The minimum absolute atomic E-state index is 0.00264. The smallest absolute Gasteiger partial charge is 0.274 e. The van der Waals surface area contributed by atoms with Crippen molar-refractivity contribution in [3.8, 4) is 11.1 Å². The van der Waals surface area contributed by atoms with Gasteiger partial charge in [-0.1, -0.05) is 31.2 Å². The van der Waals surface area contributed by atoms with E-state index in [1.807, 2.05) is 41.2 Å². The standard InChI is InChI=1S/C28H32N6O2/c1-5-21-7-6-19(2)23(14-21)18-34-26-15-22(8-9-25(26)27(36)31(34)4)24-16-29-28(30-17-24)33-12-10-32(11-13-33)20(3)35/h6-9,14-17H,5,10-13,18H2,1-4H3. The van der Waals surface area contributed by atoms with Crippen LogP contribution in [0, 0.1) is 6.92 Å². The molecule has 3 heterocycles. The fraction of sp³-hybridized carbons (Fsp3) is 0.357. The number of carbonyl (C=O) groups excluding carboxylic acids is 1. The first kappa shape index (κ1) is 23.8. The Labute approximate surface area is 210 Å². The van der Waals surface area contributed by atoms with Gasteiger partial charge in [0.05, 0.1) is 17.4 Å². The number of hydrogen-bond acceptors (Lipinski definition) is 5. The number of aryl methyl sites for hydroxylation is 2. The van der Waals surface area contributed by atoms with Gasteiger partial charge in [-0.15, -0.1) is 0 Å². The summed E-state index contributed by atoms with van der Waals surface area (Å²) in [5.74, 6) is 0.778. The fourth-order valence-electron chi connectivity index (χ4n) is 4.87. The highest BCUT2D eigenvalue weighted by molar-refractivity contribution is 5.84. The van der Waals surface area contributed by atoms with Crippen molar-refractivity contribution in [3.05, 3.63) is 75.8 Å². The Morgan fingerprint density at radius 3 is 2.36 bits per heavy atom. The van der Waals surface area contributed by atoms with Gasteiger partial charge >= 0.3 is 0 Å². The molecule has 0 atom stereocenters. The Morgan fingerprint density at radius 1 is 0.972 bits per heavy atom. The topological polar surface area (TPSA) is 76.3 Å². The number of fused-ring (bicyclic) bond motifs is 1. The predicted molar refractivity (Wildman–Crippen MR) is 142 cm³/mol. The summed E-state index contributed by atoms with van der Waals surface area (Å²) in [7, 11) is 1.82. The minimum atomic E-state index is -0.00264. The molecule has 0 bridgehead atoms. The molecule has 1 aliphatic heterocycles. The normalized spacial score (nSPS) is 14.0. The van der Waals surface area contributed by atoms with Crippen molar-refractivity contribution in [1.29, 1.82) is 0 Å². The highest BCUT2D eigenvalue weighted by Gasteiger charge is 2.20. The van der Waals surface area contributed by atoms with E-state index in [0.717, 1.165) is 36.2 Å². The number of piperazine rings is 1. The van der Waals surface area contributed by atoms with E-state index in [0.29, 0.717) is 31.0 Å². The van der Waals surface area contributed by atoms with Crippen LogP contribution in [0.25, 0.3) is 22.0 Å². The third-order valence-corrected chi connectivity index (χ3v) is 7.28. The lowest BCUT2D eigenvalue weighted by Gasteiger charge is -2.34. The second kappa shape index (κ2) is 9.60. The summed E-state index contributed by atoms with van der Waals surface area (Å²) in [6.07, 6.45) is 4.65. The van der Waals surface area contributed by atoms with Crippen LogP contribution in [-0.2, 0) is 24.8 Å². The lowest BCUT2D eigenvalue weighted by Crippen LogP contribution is -2.48. The summed E-state index contributed by atoms with van der Waals surface area (Å²) in [5, 5.41) is 0.700. The molecule has 1 saturated heterocycles. The summed E-state index contributed by atoms with van der Waals surface area (Å²) < 4.78 is 3.75. The second-order valence-electron chi connectivity index (χ2n) is 9.50. The maximum atomic E-state index is 13.0. The Hall–Kier alpha value is -3.94. The molecule has 1 amide bonds. The van der Waals surface area contributed by atoms with Gasteiger partial charge in [0.25, 0.3) is 5.56 Å². The lowest BCUT2D eigenvalue weighted by atomic mass is 10.0. The van der Waals surface area contributed by atoms with E-state index < -0.39 is 0 Å². The number of anilines is 1. The molecule has 0 spiro atoms. The molecule has 0 radical (unpaired) electrons. The van der Waals surface area contributed by atoms with E-state index in [1.165, 1.54) is 16.7 Å². The quantitative estimate of drug-likeness (QED) is 0.434. The van der Waals surface area contributed by atoms with Gasteiger partial charge in [0.1, 0.15) is 0 Å². The zero-order valence-electron chi connectivity index (χ0n) is 21.4. The molecule has 186 valence electrons. The van der Waals surface area contributed by atoms with E-state index in [-0.39, 0.29) is 11.5 Å². The van der Waals surface area contributed by atoms with Crippen molar-refractivity contribution in [1.82, 2.24) is 24.2 Å². The van der Waals surface area contributed by atoms with Crippen LogP contribution in [0.4, 0.5) is 5.95 Å². The highest BCUT2D eigenvalue weighted by atomic mass is 16.2. The Kier molecular flexibility index (Phi) is 6.35. The summed E-state index contributed by atoms with van der Waals surface area (Å²) in [5.41, 5.74) is 6.47. The molecule has 4 aromatic rings. The molecular formula is C28H32N6O2. The first-order valence-corrected chi connectivity index (χ1v) is 12.5. The first-order valence-electron chi connectivity index (χ1n) is 12.5. The molecular weight excluding hydrogens is 452 g/mol. The largest absolute Gasteiger partial charge is 0.339 e. The number of benzene rings is 2. The van der Waals surface area contributed by atoms with Crippen LogP contribution in [0.2, 0.25) is 0 Å². The van der Waals surface area contributed by atoms with Crippen LogP contribution in [-0.4, -0.2) is 56.3 Å². The number of rotatable bonds is 5. The summed E-state index contributed by atoms with van der Waals surface area (Å²) in [4.78, 5) is 37.7. The molecule has 36 heavy (non-hydrogen) atoms. The second-order valence-corrected chi connectivity index (χ2v) is 9.50. The van der Waals surface area contributed by atoms with Gasteiger partial charge in [-0.2, -0.15) is 0 Å². The summed E-state index contributed by atoms with van der Waals surface area (Å²) >= 11 is 0. The average Bonchev–Trinajstić information content (AvgIpc) is 3.14. The molecule has 8 heteroatoms. The number of hydrogen-bond donors (Lipinski definition) is 0. The van der Waals surface area contributed by atoms with Gasteiger partial charge in [-0.3, -0.25) is 19.0 Å². The molecule has 1 aliphatic rings. The fourth-order valence-corrected chi connectivity index (χ4v) is 4.87. The molecule has 0 aliphatic carbocycles. The van der Waals surface area contributed by atoms with Crippen molar-refractivity contribution in [2.45, 2.75) is 33.7 Å². The van der Waals surface area contributed by atoms with Gasteiger partial charge in [0.15, 0.2) is 0 Å². The molecule has 2 aromatic carbocycles. The van der Waals surface area contributed by atoms with Crippen molar-refractivity contribution >= 4 is 22.8 Å². The number of amides is 1. The van der Waals surface area contributed by atoms with Crippen molar-refractivity contribution in [3.63, 3.8) is 0 Å². The molecule has 2 aromatic heterocycles. The number of aromatic nitrogens is 4. The zero-order valence-corrected chi connectivity index (χ0v) is 21.4. The van der Waals surface area contributed by atoms with Gasteiger partial charge in [-0.05, 0) is 47.7 Å². The van der Waals surface area contributed by atoms with E-state index in [2.05, 4.69) is 53.0 Å².